The Hall–Kier alpha value is -3.17. The molecule has 0 aliphatic carbocycles. The average Bonchev–Trinajstić information content (AvgIpc) is 2.91. The van der Waals surface area contributed by atoms with Crippen LogP contribution in [0.4, 0.5) is 5.95 Å². The van der Waals surface area contributed by atoms with Gasteiger partial charge in [-0.1, -0.05) is 17.7 Å². The molecule has 1 amide bonds. The number of nitrogens with zero attached hydrogens (tertiary/aromatic N) is 5. The number of likely N-dealkylation sites (N-methyl/N-ethyl adjacent to an activating group) is 1. The summed E-state index contributed by atoms with van der Waals surface area (Å²) in [5.74, 6) is 1.21. The minimum atomic E-state index is -0.302. The van der Waals surface area contributed by atoms with Crippen molar-refractivity contribution in [2.24, 2.45) is 13.0 Å². The van der Waals surface area contributed by atoms with Crippen LogP contribution < -0.4 is 20.5 Å². The summed E-state index contributed by atoms with van der Waals surface area (Å²) in [6, 6.07) is 7.57. The third kappa shape index (κ3) is 6.82. The average molecular weight is 541 g/mol. The predicted molar refractivity (Wildman–Crippen MR) is 151 cm³/mol. The molecule has 1 fully saturated rings. The van der Waals surface area contributed by atoms with E-state index in [1.807, 2.05) is 18.2 Å². The van der Waals surface area contributed by atoms with E-state index < -0.39 is 0 Å². The van der Waals surface area contributed by atoms with Crippen LogP contribution in [0, 0.1) is 5.92 Å². The number of anilines is 1. The zero-order chi connectivity index (χ0) is 27.2. The Labute approximate surface area is 228 Å². The monoisotopic (exact) mass is 540 g/mol. The van der Waals surface area contributed by atoms with Gasteiger partial charge in [-0.25, -0.2) is 9.97 Å². The fourth-order valence-corrected chi connectivity index (χ4v) is 5.13. The highest BCUT2D eigenvalue weighted by atomic mass is 35.5. The predicted octanol–water partition coefficient (Wildman–Crippen LogP) is 3.26. The molecule has 0 unspecified atom stereocenters. The molecule has 1 saturated heterocycles. The van der Waals surface area contributed by atoms with E-state index >= 15 is 0 Å². The minimum Gasteiger partial charge on any atom is -0.478 e. The quantitative estimate of drug-likeness (QED) is 0.422. The molecule has 1 aromatic carbocycles. The summed E-state index contributed by atoms with van der Waals surface area (Å²) in [5, 5.41) is 3.85. The van der Waals surface area contributed by atoms with Crippen molar-refractivity contribution in [3.63, 3.8) is 0 Å². The standard InChI is InChI=1S/C28H37ClN6O3/c1-30-26(36)18-38-25-15-21-13-20(9-10-24(21)34(4)27(25)37)14-23-22(29)16-31-28(32-23)35-12-6-8-19(17-35)7-5-11-33(2)3/h9-10,13,15-16,19H,5-8,11-12,14,17-18H2,1-4H3,(H,30,36)/t19-/m0/s1. The lowest BCUT2D eigenvalue weighted by Crippen LogP contribution is -2.37. The number of aryl methyl sites for hydroxylation is 1. The van der Waals surface area contributed by atoms with Crippen LogP contribution in [0.1, 0.15) is 36.9 Å². The van der Waals surface area contributed by atoms with Gasteiger partial charge >= 0.3 is 0 Å². The molecule has 0 bridgehead atoms. The van der Waals surface area contributed by atoms with Crippen molar-refractivity contribution in [1.29, 1.82) is 0 Å². The third-order valence-electron chi connectivity index (χ3n) is 7.09. The van der Waals surface area contributed by atoms with Gasteiger partial charge in [0.2, 0.25) is 5.95 Å². The van der Waals surface area contributed by atoms with E-state index in [0.29, 0.717) is 17.4 Å². The molecule has 9 nitrogen and oxygen atoms in total. The number of amides is 1. The van der Waals surface area contributed by atoms with Crippen LogP contribution in [0.5, 0.6) is 5.75 Å². The molecule has 1 N–H and O–H groups in total. The van der Waals surface area contributed by atoms with Crippen molar-refractivity contribution in [3.8, 4) is 5.75 Å². The Morgan fingerprint density at radius 2 is 2.11 bits per heavy atom. The van der Waals surface area contributed by atoms with Gasteiger partial charge in [0.1, 0.15) is 0 Å². The van der Waals surface area contributed by atoms with Crippen molar-refractivity contribution in [2.45, 2.75) is 32.1 Å². The van der Waals surface area contributed by atoms with E-state index in [1.165, 1.54) is 30.9 Å². The lowest BCUT2D eigenvalue weighted by Gasteiger charge is -2.33. The maximum atomic E-state index is 12.7. The number of halogens is 1. The van der Waals surface area contributed by atoms with Gasteiger partial charge in [0.25, 0.3) is 11.5 Å². The van der Waals surface area contributed by atoms with E-state index in [2.05, 4.69) is 34.2 Å². The van der Waals surface area contributed by atoms with Crippen LogP contribution in [0.25, 0.3) is 10.9 Å². The Balaban J connectivity index is 1.52. The largest absolute Gasteiger partial charge is 0.478 e. The first-order valence-corrected chi connectivity index (χ1v) is 13.5. The van der Waals surface area contributed by atoms with E-state index in [0.717, 1.165) is 54.2 Å². The van der Waals surface area contributed by atoms with Gasteiger partial charge in [0, 0.05) is 39.0 Å². The number of nitrogens with one attached hydrogen (secondary N) is 1. The summed E-state index contributed by atoms with van der Waals surface area (Å²) in [6.07, 6.45) is 7.03. The summed E-state index contributed by atoms with van der Waals surface area (Å²) in [4.78, 5) is 38.2. The van der Waals surface area contributed by atoms with Crippen LogP contribution in [-0.2, 0) is 18.3 Å². The first-order valence-electron chi connectivity index (χ1n) is 13.1. The highest BCUT2D eigenvalue weighted by molar-refractivity contribution is 6.31. The zero-order valence-corrected chi connectivity index (χ0v) is 23.4. The van der Waals surface area contributed by atoms with E-state index in [1.54, 1.807) is 19.3 Å². The highest BCUT2D eigenvalue weighted by Crippen LogP contribution is 2.27. The van der Waals surface area contributed by atoms with E-state index in [9.17, 15) is 9.59 Å². The molecule has 3 aromatic rings. The first kappa shape index (κ1) is 27.9. The molecule has 10 heteroatoms. The molecule has 0 saturated carbocycles. The first-order chi connectivity index (χ1) is 18.2. The van der Waals surface area contributed by atoms with Gasteiger partial charge in [-0.3, -0.25) is 9.59 Å². The molecule has 1 aliphatic rings. The lowest BCUT2D eigenvalue weighted by atomic mass is 9.93. The second kappa shape index (κ2) is 12.6. The maximum absolute atomic E-state index is 12.7. The maximum Gasteiger partial charge on any atom is 0.293 e. The van der Waals surface area contributed by atoms with Gasteiger partial charge in [0.15, 0.2) is 12.4 Å². The Bertz CT molecular complexity index is 1340. The molecule has 38 heavy (non-hydrogen) atoms. The van der Waals surface area contributed by atoms with Crippen molar-refractivity contribution >= 4 is 34.4 Å². The molecule has 4 rings (SSSR count). The number of carbonyl (C=O) groups excluding carboxylic acids is 1. The molecule has 2 aromatic heterocycles. The van der Waals surface area contributed by atoms with Gasteiger partial charge < -0.3 is 24.4 Å². The van der Waals surface area contributed by atoms with E-state index in [4.69, 9.17) is 21.3 Å². The fourth-order valence-electron chi connectivity index (χ4n) is 4.97. The molecular weight excluding hydrogens is 504 g/mol. The van der Waals surface area contributed by atoms with Crippen LogP contribution in [0.2, 0.25) is 5.02 Å². The number of carbonyl (C=O) groups is 1. The van der Waals surface area contributed by atoms with Crippen LogP contribution in [0.3, 0.4) is 0 Å². The van der Waals surface area contributed by atoms with Gasteiger partial charge in [0.05, 0.1) is 22.4 Å². The minimum absolute atomic E-state index is 0.133. The number of hydrogen-bond acceptors (Lipinski definition) is 7. The summed E-state index contributed by atoms with van der Waals surface area (Å²) >= 11 is 6.53. The molecule has 1 aliphatic heterocycles. The van der Waals surface area contributed by atoms with Crippen molar-refractivity contribution < 1.29 is 9.53 Å². The molecule has 0 spiro atoms. The summed E-state index contributed by atoms with van der Waals surface area (Å²) in [6.45, 7) is 2.81. The van der Waals surface area contributed by atoms with E-state index in [-0.39, 0.29) is 23.8 Å². The number of benzene rings is 1. The molecule has 0 radical (unpaired) electrons. The Kier molecular flexibility index (Phi) is 9.22. The van der Waals surface area contributed by atoms with Gasteiger partial charge in [-0.05, 0) is 76.0 Å². The summed E-state index contributed by atoms with van der Waals surface area (Å²) < 4.78 is 7.02. The Morgan fingerprint density at radius 3 is 2.87 bits per heavy atom. The van der Waals surface area contributed by atoms with Crippen molar-refractivity contribution in [1.82, 2.24) is 24.8 Å². The molecule has 1 atom stereocenters. The smallest absolute Gasteiger partial charge is 0.293 e. The summed E-state index contributed by atoms with van der Waals surface area (Å²) in [5.41, 5.74) is 2.25. The van der Waals surface area contributed by atoms with Gasteiger partial charge in [-0.15, -0.1) is 0 Å². The third-order valence-corrected chi connectivity index (χ3v) is 7.40. The normalized spacial score (nSPS) is 15.7. The molecule has 204 valence electrons. The highest BCUT2D eigenvalue weighted by Gasteiger charge is 2.22. The fraction of sp³-hybridized carbons (Fsp3) is 0.500. The van der Waals surface area contributed by atoms with Crippen LogP contribution in [0.15, 0.2) is 35.3 Å². The number of ether oxygens (including phenoxy) is 1. The number of rotatable bonds is 10. The second-order valence-corrected chi connectivity index (χ2v) is 10.7. The molecular formula is C28H37ClN6O3. The Morgan fingerprint density at radius 1 is 1.29 bits per heavy atom. The van der Waals surface area contributed by atoms with Gasteiger partial charge in [-0.2, -0.15) is 0 Å². The van der Waals surface area contributed by atoms with Crippen molar-refractivity contribution in [2.75, 3.05) is 52.3 Å². The number of aromatic nitrogens is 3. The van der Waals surface area contributed by atoms with Crippen molar-refractivity contribution in [3.05, 3.63) is 57.1 Å². The number of pyridine rings is 1. The van der Waals surface area contributed by atoms with Crippen LogP contribution in [-0.4, -0.2) is 72.7 Å². The number of fused-ring (bicyclic) bond motifs is 1. The summed E-state index contributed by atoms with van der Waals surface area (Å²) in [7, 11) is 7.45. The lowest BCUT2D eigenvalue weighted by molar-refractivity contribution is -0.122. The zero-order valence-electron chi connectivity index (χ0n) is 22.7. The number of hydrogen-bond donors (Lipinski definition) is 1. The topological polar surface area (TPSA) is 92.6 Å². The SMILES string of the molecule is CNC(=O)COc1cc2cc(Cc3nc(N4CCC[C@H](CCCN(C)C)C4)ncc3Cl)ccc2n(C)c1=O. The molecule has 3 heterocycles. The van der Waals surface area contributed by atoms with Crippen LogP contribution >= 0.6 is 11.6 Å². The number of piperidine rings is 1. The second-order valence-electron chi connectivity index (χ2n) is 10.3.